The predicted molar refractivity (Wildman–Crippen MR) is 82.7 cm³/mol. The summed E-state index contributed by atoms with van der Waals surface area (Å²) in [7, 11) is 1.59. The van der Waals surface area contributed by atoms with Gasteiger partial charge in [0, 0.05) is 13.6 Å². The summed E-state index contributed by atoms with van der Waals surface area (Å²) in [5.41, 5.74) is 0.685. The van der Waals surface area contributed by atoms with Gasteiger partial charge in [-0.3, -0.25) is 9.59 Å². The van der Waals surface area contributed by atoms with Crippen molar-refractivity contribution >= 4 is 17.5 Å². The molecule has 0 saturated carbocycles. The smallest absolute Gasteiger partial charge is 0.257 e. The largest absolute Gasteiger partial charge is 0.469 e. The van der Waals surface area contributed by atoms with E-state index in [1.54, 1.807) is 38.2 Å². The van der Waals surface area contributed by atoms with E-state index in [2.05, 4.69) is 0 Å². The second-order valence-corrected chi connectivity index (χ2v) is 5.55. The second kappa shape index (κ2) is 5.87. The molecular formula is C17H17FN2O3. The van der Waals surface area contributed by atoms with Gasteiger partial charge in [0.05, 0.1) is 17.5 Å². The predicted octanol–water partition coefficient (Wildman–Crippen LogP) is 2.60. The molecule has 0 radical (unpaired) electrons. The second-order valence-electron chi connectivity index (χ2n) is 5.55. The Kier molecular flexibility index (Phi) is 3.90. The summed E-state index contributed by atoms with van der Waals surface area (Å²) in [6.45, 7) is 2.08. The first-order valence-electron chi connectivity index (χ1n) is 7.38. The number of rotatable bonds is 3. The molecule has 0 bridgehead atoms. The standard InChI is InChI=1S/C17H17FN2O3/c1-11-12(8-10-23-11)16(21)19(2)15-7-9-20(17(15)22)14-6-4-3-5-13(14)18/h3-6,8,10,15H,7,9H2,1-2H3/t15-/m1/s1. The van der Waals surface area contributed by atoms with Gasteiger partial charge in [0.2, 0.25) is 5.91 Å². The van der Waals surface area contributed by atoms with Crippen LogP contribution in [-0.4, -0.2) is 36.3 Å². The fraction of sp³-hybridized carbons (Fsp3) is 0.294. The molecule has 1 saturated heterocycles. The number of carbonyl (C=O) groups is 2. The average molecular weight is 316 g/mol. The van der Waals surface area contributed by atoms with Gasteiger partial charge in [0.15, 0.2) is 0 Å². The van der Waals surface area contributed by atoms with E-state index in [1.165, 1.54) is 22.1 Å². The van der Waals surface area contributed by atoms with Gasteiger partial charge in [-0.15, -0.1) is 0 Å². The quantitative estimate of drug-likeness (QED) is 0.874. The summed E-state index contributed by atoms with van der Waals surface area (Å²) in [4.78, 5) is 27.9. The maximum absolute atomic E-state index is 13.9. The molecule has 0 N–H and O–H groups in total. The number of aryl methyl sites for hydroxylation is 1. The van der Waals surface area contributed by atoms with Gasteiger partial charge >= 0.3 is 0 Å². The Morgan fingerprint density at radius 2 is 2.09 bits per heavy atom. The lowest BCUT2D eigenvalue weighted by Crippen LogP contribution is -2.43. The SMILES string of the molecule is Cc1occc1C(=O)N(C)[C@@H]1CCN(c2ccccc2F)C1=O. The molecule has 1 aromatic heterocycles. The van der Waals surface area contributed by atoms with Crippen molar-refractivity contribution < 1.29 is 18.4 Å². The zero-order valence-corrected chi connectivity index (χ0v) is 13.0. The number of para-hydroxylation sites is 1. The molecular weight excluding hydrogens is 299 g/mol. The molecule has 2 amide bonds. The molecule has 6 heteroatoms. The maximum atomic E-state index is 13.9. The Labute approximate surface area is 133 Å². The lowest BCUT2D eigenvalue weighted by molar-refractivity contribution is -0.120. The molecule has 0 spiro atoms. The highest BCUT2D eigenvalue weighted by Crippen LogP contribution is 2.27. The van der Waals surface area contributed by atoms with Gasteiger partial charge < -0.3 is 14.2 Å². The van der Waals surface area contributed by atoms with Gasteiger partial charge in [0.25, 0.3) is 5.91 Å². The van der Waals surface area contributed by atoms with Crippen molar-refractivity contribution in [1.29, 1.82) is 0 Å². The van der Waals surface area contributed by atoms with Crippen molar-refractivity contribution in [3.05, 3.63) is 53.7 Å². The first-order valence-corrected chi connectivity index (χ1v) is 7.38. The molecule has 1 aliphatic heterocycles. The summed E-state index contributed by atoms with van der Waals surface area (Å²) in [5.74, 6) is -0.475. The first kappa shape index (κ1) is 15.3. The Balaban J connectivity index is 1.80. The van der Waals surface area contributed by atoms with Gasteiger partial charge in [-0.25, -0.2) is 4.39 Å². The number of halogens is 1. The highest BCUT2D eigenvalue weighted by atomic mass is 19.1. The summed E-state index contributed by atoms with van der Waals surface area (Å²) < 4.78 is 19.0. The van der Waals surface area contributed by atoms with Gasteiger partial charge in [0.1, 0.15) is 17.6 Å². The molecule has 120 valence electrons. The number of hydrogen-bond donors (Lipinski definition) is 0. The van der Waals surface area contributed by atoms with Crippen LogP contribution in [0.15, 0.2) is 41.0 Å². The summed E-state index contributed by atoms with van der Waals surface area (Å²) >= 11 is 0. The van der Waals surface area contributed by atoms with Crippen LogP contribution in [0.1, 0.15) is 22.5 Å². The first-order chi connectivity index (χ1) is 11.0. The van der Waals surface area contributed by atoms with Gasteiger partial charge in [-0.1, -0.05) is 12.1 Å². The van der Waals surface area contributed by atoms with Gasteiger partial charge in [-0.2, -0.15) is 0 Å². The normalized spacial score (nSPS) is 17.6. The Morgan fingerprint density at radius 3 is 2.74 bits per heavy atom. The molecule has 23 heavy (non-hydrogen) atoms. The number of likely N-dealkylation sites (N-methyl/N-ethyl adjacent to an activating group) is 1. The number of carbonyl (C=O) groups excluding carboxylic acids is 2. The van der Waals surface area contributed by atoms with Crippen LogP contribution < -0.4 is 4.90 Å². The Bertz CT molecular complexity index is 756. The lowest BCUT2D eigenvalue weighted by atomic mass is 10.1. The topological polar surface area (TPSA) is 53.8 Å². The minimum Gasteiger partial charge on any atom is -0.469 e. The van der Waals surface area contributed by atoms with Crippen molar-refractivity contribution in [2.45, 2.75) is 19.4 Å². The molecule has 1 aliphatic rings. The van der Waals surface area contributed by atoms with Crippen LogP contribution >= 0.6 is 0 Å². The highest BCUT2D eigenvalue weighted by molar-refractivity contribution is 6.04. The van der Waals surface area contributed by atoms with Crippen LogP contribution in [0.5, 0.6) is 0 Å². The van der Waals surface area contributed by atoms with Crippen LogP contribution in [0.2, 0.25) is 0 Å². The molecule has 2 heterocycles. The highest BCUT2D eigenvalue weighted by Gasteiger charge is 2.38. The zero-order valence-electron chi connectivity index (χ0n) is 13.0. The third-order valence-electron chi connectivity index (χ3n) is 4.20. The number of hydrogen-bond acceptors (Lipinski definition) is 3. The molecule has 1 atom stereocenters. The van der Waals surface area contributed by atoms with E-state index in [0.29, 0.717) is 24.3 Å². The average Bonchev–Trinajstić information content (AvgIpc) is 3.12. The van der Waals surface area contributed by atoms with Crippen molar-refractivity contribution in [3.8, 4) is 0 Å². The van der Waals surface area contributed by atoms with E-state index in [1.807, 2.05) is 0 Å². The van der Waals surface area contributed by atoms with Crippen molar-refractivity contribution in [2.75, 3.05) is 18.5 Å². The molecule has 5 nitrogen and oxygen atoms in total. The van der Waals surface area contributed by atoms with Crippen LogP contribution in [0.25, 0.3) is 0 Å². The molecule has 0 aliphatic carbocycles. The van der Waals surface area contributed by atoms with E-state index >= 15 is 0 Å². The molecule has 1 fully saturated rings. The molecule has 1 aromatic carbocycles. The van der Waals surface area contributed by atoms with E-state index < -0.39 is 11.9 Å². The fourth-order valence-electron chi connectivity index (χ4n) is 2.87. The van der Waals surface area contributed by atoms with E-state index in [0.717, 1.165) is 0 Å². The fourth-order valence-corrected chi connectivity index (χ4v) is 2.87. The third-order valence-corrected chi connectivity index (χ3v) is 4.20. The Hall–Kier alpha value is -2.63. The summed E-state index contributed by atoms with van der Waals surface area (Å²) in [6, 6.07) is 7.13. The van der Waals surface area contributed by atoms with E-state index in [4.69, 9.17) is 4.42 Å². The summed E-state index contributed by atoms with van der Waals surface area (Å²) in [5, 5.41) is 0. The number of furan rings is 1. The molecule has 2 aromatic rings. The minimum absolute atomic E-state index is 0.250. The van der Waals surface area contributed by atoms with E-state index in [-0.39, 0.29) is 17.5 Å². The lowest BCUT2D eigenvalue weighted by Gasteiger charge is -2.24. The van der Waals surface area contributed by atoms with Crippen LogP contribution in [-0.2, 0) is 4.79 Å². The number of benzene rings is 1. The van der Waals surface area contributed by atoms with Crippen molar-refractivity contribution in [2.24, 2.45) is 0 Å². The van der Waals surface area contributed by atoms with E-state index in [9.17, 15) is 14.0 Å². The third kappa shape index (κ3) is 2.60. The monoisotopic (exact) mass is 316 g/mol. The number of anilines is 1. The maximum Gasteiger partial charge on any atom is 0.257 e. The number of nitrogens with zero attached hydrogens (tertiary/aromatic N) is 2. The van der Waals surface area contributed by atoms with Crippen molar-refractivity contribution in [1.82, 2.24) is 4.90 Å². The molecule has 0 unspecified atom stereocenters. The zero-order chi connectivity index (χ0) is 16.6. The molecule has 3 rings (SSSR count). The summed E-state index contributed by atoms with van der Waals surface area (Å²) in [6.07, 6.45) is 1.91. The number of amides is 2. The van der Waals surface area contributed by atoms with Crippen LogP contribution in [0.4, 0.5) is 10.1 Å². The van der Waals surface area contributed by atoms with Gasteiger partial charge in [-0.05, 0) is 31.5 Å². The van der Waals surface area contributed by atoms with Crippen molar-refractivity contribution in [3.63, 3.8) is 0 Å². The minimum atomic E-state index is -0.601. The van der Waals surface area contributed by atoms with Crippen LogP contribution in [0.3, 0.4) is 0 Å². The van der Waals surface area contributed by atoms with Crippen LogP contribution in [0, 0.1) is 12.7 Å². The Morgan fingerprint density at radius 1 is 1.35 bits per heavy atom.